The summed E-state index contributed by atoms with van der Waals surface area (Å²) >= 11 is 5.51. The average molecular weight is 161 g/mol. The van der Waals surface area contributed by atoms with E-state index in [4.69, 9.17) is 16.3 Å². The Morgan fingerprint density at radius 2 is 2.50 bits per heavy atom. The molecule has 1 aromatic heterocycles. The topological polar surface area (TPSA) is 55.0 Å². The van der Waals surface area contributed by atoms with Crippen LogP contribution in [0, 0.1) is 0 Å². The minimum absolute atomic E-state index is 0.169. The summed E-state index contributed by atoms with van der Waals surface area (Å²) in [6.07, 6.45) is 1.27. The number of ether oxygens (including phenoxy) is 1. The van der Waals surface area contributed by atoms with Crippen molar-refractivity contribution in [2.75, 3.05) is 7.11 Å². The Morgan fingerprint density at radius 1 is 1.80 bits per heavy atom. The third-order valence-electron chi connectivity index (χ3n) is 0.952. The summed E-state index contributed by atoms with van der Waals surface area (Å²) in [4.78, 5) is 16.1. The molecule has 0 radical (unpaired) electrons. The van der Waals surface area contributed by atoms with Gasteiger partial charge >= 0.3 is 5.69 Å². The highest BCUT2D eigenvalue weighted by atomic mass is 35.5. The molecule has 4 nitrogen and oxygen atoms in total. The molecule has 0 aliphatic rings. The number of halogens is 1. The van der Waals surface area contributed by atoms with Crippen LogP contribution in [0.2, 0.25) is 5.15 Å². The Balaban J connectivity index is 3.19. The molecule has 1 N–H and O–H groups in total. The molecule has 0 bridgehead atoms. The molecule has 0 aromatic carbocycles. The van der Waals surface area contributed by atoms with Gasteiger partial charge < -0.3 is 4.74 Å². The summed E-state index contributed by atoms with van der Waals surface area (Å²) in [7, 11) is 1.45. The summed E-state index contributed by atoms with van der Waals surface area (Å²) < 4.78 is 4.74. The van der Waals surface area contributed by atoms with E-state index in [0.717, 1.165) is 0 Å². The van der Waals surface area contributed by atoms with Crippen LogP contribution in [0.25, 0.3) is 0 Å². The van der Waals surface area contributed by atoms with Gasteiger partial charge in [-0.05, 0) is 0 Å². The molecule has 0 saturated heterocycles. The van der Waals surface area contributed by atoms with E-state index in [1.807, 2.05) is 0 Å². The van der Waals surface area contributed by atoms with Crippen LogP contribution in [-0.4, -0.2) is 17.1 Å². The summed E-state index contributed by atoms with van der Waals surface area (Å²) in [6.45, 7) is 0. The molecule has 5 heteroatoms. The fraction of sp³-hybridized carbons (Fsp3) is 0.200. The van der Waals surface area contributed by atoms with Gasteiger partial charge in [-0.25, -0.2) is 4.79 Å². The number of nitrogens with one attached hydrogen (secondary N) is 1. The van der Waals surface area contributed by atoms with Crippen LogP contribution in [0.15, 0.2) is 11.0 Å². The van der Waals surface area contributed by atoms with Crippen molar-refractivity contribution >= 4 is 11.6 Å². The normalized spacial score (nSPS) is 9.40. The lowest BCUT2D eigenvalue weighted by molar-refractivity contribution is 0.410. The summed E-state index contributed by atoms with van der Waals surface area (Å²) in [5.41, 5.74) is -0.481. The van der Waals surface area contributed by atoms with Crippen molar-refractivity contribution in [3.05, 3.63) is 21.8 Å². The fourth-order valence-corrected chi connectivity index (χ4v) is 0.711. The zero-order valence-electron chi connectivity index (χ0n) is 5.22. The minimum Gasteiger partial charge on any atom is -0.492 e. The summed E-state index contributed by atoms with van der Waals surface area (Å²) in [5.74, 6) is 0.362. The van der Waals surface area contributed by atoms with Crippen molar-refractivity contribution in [1.82, 2.24) is 9.97 Å². The maximum atomic E-state index is 10.5. The van der Waals surface area contributed by atoms with Crippen LogP contribution in [0.5, 0.6) is 5.75 Å². The van der Waals surface area contributed by atoms with Gasteiger partial charge in [-0.3, -0.25) is 4.98 Å². The lowest BCUT2D eigenvalue weighted by atomic mass is 10.6. The number of H-pyrrole nitrogens is 1. The minimum atomic E-state index is -0.481. The van der Waals surface area contributed by atoms with Crippen LogP contribution < -0.4 is 10.4 Å². The van der Waals surface area contributed by atoms with Gasteiger partial charge in [0.2, 0.25) is 0 Å². The maximum Gasteiger partial charge on any atom is 0.346 e. The number of aromatic amines is 1. The van der Waals surface area contributed by atoms with E-state index in [1.54, 1.807) is 0 Å². The van der Waals surface area contributed by atoms with Crippen molar-refractivity contribution in [2.45, 2.75) is 0 Å². The molecular formula is C5H5ClN2O2. The molecule has 0 atom stereocenters. The zero-order valence-corrected chi connectivity index (χ0v) is 5.97. The second-order valence-electron chi connectivity index (χ2n) is 1.57. The predicted molar refractivity (Wildman–Crippen MR) is 36.4 cm³/mol. The van der Waals surface area contributed by atoms with E-state index in [0.29, 0.717) is 5.75 Å². The number of hydrogen-bond acceptors (Lipinski definition) is 3. The summed E-state index contributed by atoms with van der Waals surface area (Å²) in [6, 6.07) is 0. The second kappa shape index (κ2) is 2.70. The largest absolute Gasteiger partial charge is 0.492 e. The molecule has 0 amide bonds. The number of hydrogen-bond donors (Lipinski definition) is 1. The number of nitrogens with zero attached hydrogens (tertiary/aromatic N) is 1. The molecule has 54 valence electrons. The van der Waals surface area contributed by atoms with Crippen LogP contribution in [0.1, 0.15) is 0 Å². The van der Waals surface area contributed by atoms with Crippen molar-refractivity contribution in [1.29, 1.82) is 0 Å². The van der Waals surface area contributed by atoms with Crippen molar-refractivity contribution in [2.24, 2.45) is 0 Å². The fourth-order valence-electron chi connectivity index (χ4n) is 0.504. The SMILES string of the molecule is COc1cnc(=O)[nH]c1Cl. The highest BCUT2D eigenvalue weighted by Crippen LogP contribution is 2.16. The molecular weight excluding hydrogens is 156 g/mol. The Morgan fingerprint density at radius 3 is 3.00 bits per heavy atom. The first-order chi connectivity index (χ1) is 4.74. The maximum absolute atomic E-state index is 10.5. The lowest BCUT2D eigenvalue weighted by Gasteiger charge is -1.97. The lowest BCUT2D eigenvalue weighted by Crippen LogP contribution is -2.09. The summed E-state index contributed by atoms with van der Waals surface area (Å²) in [5, 5.41) is 0.169. The zero-order chi connectivity index (χ0) is 7.56. The molecule has 0 fully saturated rings. The third-order valence-corrected chi connectivity index (χ3v) is 1.23. The third kappa shape index (κ3) is 1.27. The van der Waals surface area contributed by atoms with Gasteiger partial charge in [-0.1, -0.05) is 11.6 Å². The van der Waals surface area contributed by atoms with Crippen molar-refractivity contribution in [3.8, 4) is 5.75 Å². The van der Waals surface area contributed by atoms with Gasteiger partial charge in [0.25, 0.3) is 0 Å². The van der Waals surface area contributed by atoms with E-state index in [9.17, 15) is 4.79 Å². The second-order valence-corrected chi connectivity index (χ2v) is 1.95. The van der Waals surface area contributed by atoms with E-state index in [-0.39, 0.29) is 5.15 Å². The Kier molecular flexibility index (Phi) is 1.91. The molecule has 0 spiro atoms. The average Bonchev–Trinajstić information content (AvgIpc) is 1.88. The van der Waals surface area contributed by atoms with Gasteiger partial charge in [0.05, 0.1) is 13.3 Å². The smallest absolute Gasteiger partial charge is 0.346 e. The standard InChI is InChI=1S/C5H5ClN2O2/c1-10-3-2-7-5(9)8-4(3)6/h2H,1H3,(H,7,8,9). The first kappa shape index (κ1) is 7.08. The predicted octanol–water partition coefficient (Wildman–Crippen LogP) is 0.432. The van der Waals surface area contributed by atoms with E-state index in [1.165, 1.54) is 13.3 Å². The number of rotatable bonds is 1. The van der Waals surface area contributed by atoms with E-state index < -0.39 is 5.69 Å². The van der Waals surface area contributed by atoms with Crippen LogP contribution in [0.4, 0.5) is 0 Å². The van der Waals surface area contributed by atoms with Crippen LogP contribution in [-0.2, 0) is 0 Å². The molecule has 0 saturated carbocycles. The molecule has 0 aliphatic heterocycles. The molecule has 0 aliphatic carbocycles. The number of methoxy groups -OCH3 is 1. The van der Waals surface area contributed by atoms with E-state index in [2.05, 4.69) is 9.97 Å². The van der Waals surface area contributed by atoms with E-state index >= 15 is 0 Å². The monoisotopic (exact) mass is 160 g/mol. The van der Waals surface area contributed by atoms with Gasteiger partial charge in [0, 0.05) is 0 Å². The molecule has 10 heavy (non-hydrogen) atoms. The van der Waals surface area contributed by atoms with Gasteiger partial charge in [0.15, 0.2) is 10.9 Å². The number of aromatic nitrogens is 2. The van der Waals surface area contributed by atoms with Crippen LogP contribution in [0.3, 0.4) is 0 Å². The first-order valence-electron chi connectivity index (χ1n) is 2.53. The quantitative estimate of drug-likeness (QED) is 0.607. The highest BCUT2D eigenvalue weighted by molar-refractivity contribution is 6.30. The first-order valence-corrected chi connectivity index (χ1v) is 2.90. The van der Waals surface area contributed by atoms with Crippen molar-refractivity contribution in [3.63, 3.8) is 0 Å². The molecule has 0 unspecified atom stereocenters. The Hall–Kier alpha value is -1.03. The Labute approximate surface area is 61.8 Å². The molecule has 1 aromatic rings. The van der Waals surface area contributed by atoms with Gasteiger partial charge in [0.1, 0.15) is 0 Å². The van der Waals surface area contributed by atoms with Gasteiger partial charge in [-0.2, -0.15) is 4.98 Å². The molecule has 1 rings (SSSR count). The molecule has 1 heterocycles. The highest BCUT2D eigenvalue weighted by Gasteiger charge is 1.98. The van der Waals surface area contributed by atoms with Gasteiger partial charge in [-0.15, -0.1) is 0 Å². The van der Waals surface area contributed by atoms with Crippen molar-refractivity contribution < 1.29 is 4.74 Å². The van der Waals surface area contributed by atoms with Crippen LogP contribution >= 0.6 is 11.6 Å². The Bertz CT molecular complexity index is 283.